The molecule has 102 valence electrons. The van der Waals surface area contributed by atoms with E-state index in [1.165, 1.54) is 0 Å². The van der Waals surface area contributed by atoms with Crippen LogP contribution in [0.15, 0.2) is 23.1 Å². The number of aromatic nitrogens is 5. The Hall–Kier alpha value is -1.70. The molecule has 0 aliphatic heterocycles. The van der Waals surface area contributed by atoms with Crippen molar-refractivity contribution in [1.82, 2.24) is 25.0 Å². The van der Waals surface area contributed by atoms with E-state index in [0.717, 1.165) is 29.8 Å². The van der Waals surface area contributed by atoms with Gasteiger partial charge in [0.15, 0.2) is 0 Å². The molecule has 2 heterocycles. The van der Waals surface area contributed by atoms with Crippen molar-refractivity contribution in [3.63, 3.8) is 0 Å². The van der Waals surface area contributed by atoms with Crippen LogP contribution in [0, 0.1) is 0 Å². The van der Waals surface area contributed by atoms with Gasteiger partial charge >= 0.3 is 0 Å². The van der Waals surface area contributed by atoms with Gasteiger partial charge in [-0.1, -0.05) is 12.1 Å². The summed E-state index contributed by atoms with van der Waals surface area (Å²) in [5.41, 5.74) is 0. The first-order chi connectivity index (χ1) is 9.29. The van der Waals surface area contributed by atoms with Crippen molar-refractivity contribution in [2.75, 3.05) is 23.7 Å². The lowest BCUT2D eigenvalue weighted by atomic mass is 10.5. The first kappa shape index (κ1) is 13.7. The third kappa shape index (κ3) is 4.16. The van der Waals surface area contributed by atoms with Gasteiger partial charge < -0.3 is 10.6 Å². The highest BCUT2D eigenvalue weighted by molar-refractivity contribution is 9.10. The minimum Gasteiger partial charge on any atom is -0.367 e. The number of rotatable bonds is 7. The van der Waals surface area contributed by atoms with Gasteiger partial charge in [-0.3, -0.25) is 4.68 Å². The molecule has 2 N–H and O–H groups in total. The number of anilines is 2. The van der Waals surface area contributed by atoms with Gasteiger partial charge in [0, 0.05) is 25.5 Å². The molecule has 0 aromatic carbocycles. The zero-order valence-electron chi connectivity index (χ0n) is 10.7. The van der Waals surface area contributed by atoms with Gasteiger partial charge in [-0.15, -0.1) is 5.10 Å². The molecular formula is C11H16BrN7. The van der Waals surface area contributed by atoms with Crippen LogP contribution < -0.4 is 10.6 Å². The summed E-state index contributed by atoms with van der Waals surface area (Å²) in [6, 6.07) is 0. The number of hydrogen-bond acceptors (Lipinski definition) is 6. The third-order valence-corrected chi connectivity index (χ3v) is 2.96. The fraction of sp³-hybridized carbons (Fsp3) is 0.455. The first-order valence-electron chi connectivity index (χ1n) is 6.14. The zero-order chi connectivity index (χ0) is 13.5. The highest BCUT2D eigenvalue weighted by atomic mass is 79.9. The molecule has 2 rings (SSSR count). The van der Waals surface area contributed by atoms with E-state index in [4.69, 9.17) is 0 Å². The van der Waals surface area contributed by atoms with Crippen LogP contribution in [0.3, 0.4) is 0 Å². The van der Waals surface area contributed by atoms with Crippen LogP contribution in [-0.2, 0) is 6.54 Å². The Morgan fingerprint density at radius 2 is 2.21 bits per heavy atom. The number of nitrogens with zero attached hydrogens (tertiary/aromatic N) is 5. The largest absolute Gasteiger partial charge is 0.367 e. The van der Waals surface area contributed by atoms with Gasteiger partial charge in [0.2, 0.25) is 5.95 Å². The average Bonchev–Trinajstić information content (AvgIpc) is 2.92. The lowest BCUT2D eigenvalue weighted by Gasteiger charge is -2.09. The van der Waals surface area contributed by atoms with Crippen LogP contribution in [0.2, 0.25) is 0 Å². The number of hydrogen-bond donors (Lipinski definition) is 2. The molecule has 0 aliphatic carbocycles. The minimum absolute atomic E-state index is 0.633. The van der Waals surface area contributed by atoms with Crippen molar-refractivity contribution >= 4 is 27.7 Å². The maximum Gasteiger partial charge on any atom is 0.224 e. The summed E-state index contributed by atoms with van der Waals surface area (Å²) in [5, 5.41) is 14.0. The second kappa shape index (κ2) is 7.03. The van der Waals surface area contributed by atoms with E-state index >= 15 is 0 Å². The molecule has 7 nitrogen and oxygen atoms in total. The zero-order valence-corrected chi connectivity index (χ0v) is 12.3. The molecule has 0 atom stereocenters. The quantitative estimate of drug-likeness (QED) is 0.807. The molecule has 0 radical (unpaired) electrons. The van der Waals surface area contributed by atoms with Crippen LogP contribution in [-0.4, -0.2) is 38.1 Å². The Morgan fingerprint density at radius 1 is 1.32 bits per heavy atom. The van der Waals surface area contributed by atoms with Gasteiger partial charge in [-0.2, -0.15) is 4.98 Å². The summed E-state index contributed by atoms with van der Waals surface area (Å²) in [6.07, 6.45) is 6.26. The number of nitrogens with one attached hydrogen (secondary N) is 2. The second-order valence-electron chi connectivity index (χ2n) is 3.91. The SMILES string of the molecule is CCCNc1ncc(Br)c(NCCn2ccnn2)n1. The summed E-state index contributed by atoms with van der Waals surface area (Å²) < 4.78 is 2.60. The number of halogens is 1. The molecule has 19 heavy (non-hydrogen) atoms. The smallest absolute Gasteiger partial charge is 0.224 e. The monoisotopic (exact) mass is 325 g/mol. The second-order valence-corrected chi connectivity index (χ2v) is 4.76. The van der Waals surface area contributed by atoms with E-state index in [2.05, 4.69) is 53.8 Å². The lowest BCUT2D eigenvalue weighted by molar-refractivity contribution is 0.608. The van der Waals surface area contributed by atoms with Gasteiger partial charge in [-0.25, -0.2) is 4.98 Å². The molecule has 0 saturated heterocycles. The van der Waals surface area contributed by atoms with E-state index in [0.29, 0.717) is 12.5 Å². The molecule has 2 aromatic heterocycles. The van der Waals surface area contributed by atoms with Crippen LogP contribution in [0.4, 0.5) is 11.8 Å². The Balaban J connectivity index is 1.90. The van der Waals surface area contributed by atoms with Crippen molar-refractivity contribution in [1.29, 1.82) is 0 Å². The highest BCUT2D eigenvalue weighted by Gasteiger charge is 2.04. The van der Waals surface area contributed by atoms with Crippen LogP contribution in [0.5, 0.6) is 0 Å². The molecule has 0 bridgehead atoms. The van der Waals surface area contributed by atoms with Gasteiger partial charge in [0.25, 0.3) is 0 Å². The first-order valence-corrected chi connectivity index (χ1v) is 6.93. The fourth-order valence-corrected chi connectivity index (χ4v) is 1.79. The molecule has 0 fully saturated rings. The Bertz CT molecular complexity index is 500. The summed E-state index contributed by atoms with van der Waals surface area (Å²) in [5.74, 6) is 1.40. The topological polar surface area (TPSA) is 80.5 Å². The van der Waals surface area contributed by atoms with Gasteiger partial charge in [0.1, 0.15) is 5.82 Å². The Kier molecular flexibility index (Phi) is 5.08. The maximum atomic E-state index is 4.40. The van der Waals surface area contributed by atoms with Crippen LogP contribution in [0.25, 0.3) is 0 Å². The molecule has 0 saturated carbocycles. The summed E-state index contributed by atoms with van der Waals surface area (Å²) in [4.78, 5) is 8.60. The van der Waals surface area contributed by atoms with Gasteiger partial charge in [-0.05, 0) is 22.4 Å². The molecule has 0 amide bonds. The predicted octanol–water partition coefficient (Wildman–Crippen LogP) is 1.76. The van der Waals surface area contributed by atoms with Crippen LogP contribution in [0.1, 0.15) is 13.3 Å². The Labute approximate surface area is 120 Å². The Morgan fingerprint density at radius 3 is 2.95 bits per heavy atom. The third-order valence-electron chi connectivity index (χ3n) is 2.38. The molecule has 0 spiro atoms. The average molecular weight is 326 g/mol. The molecule has 8 heteroatoms. The molecular weight excluding hydrogens is 310 g/mol. The molecule has 2 aromatic rings. The summed E-state index contributed by atoms with van der Waals surface area (Å²) in [6.45, 7) is 4.41. The normalized spacial score (nSPS) is 10.4. The van der Waals surface area contributed by atoms with E-state index in [1.54, 1.807) is 17.1 Å². The fourth-order valence-electron chi connectivity index (χ4n) is 1.45. The van der Waals surface area contributed by atoms with Crippen molar-refractivity contribution in [2.24, 2.45) is 0 Å². The maximum absolute atomic E-state index is 4.40. The van der Waals surface area contributed by atoms with Crippen molar-refractivity contribution in [3.05, 3.63) is 23.1 Å². The molecule has 0 unspecified atom stereocenters. The van der Waals surface area contributed by atoms with Crippen molar-refractivity contribution in [3.8, 4) is 0 Å². The van der Waals surface area contributed by atoms with Crippen molar-refractivity contribution < 1.29 is 0 Å². The molecule has 0 aliphatic rings. The van der Waals surface area contributed by atoms with E-state index in [1.807, 2.05) is 6.20 Å². The van der Waals surface area contributed by atoms with Crippen molar-refractivity contribution in [2.45, 2.75) is 19.9 Å². The summed E-state index contributed by atoms with van der Waals surface area (Å²) >= 11 is 3.43. The summed E-state index contributed by atoms with van der Waals surface area (Å²) in [7, 11) is 0. The predicted molar refractivity (Wildman–Crippen MR) is 77.0 cm³/mol. The van der Waals surface area contributed by atoms with Gasteiger partial charge in [0.05, 0.1) is 17.2 Å². The standard InChI is InChI=1S/C11H16BrN7/c1-2-3-14-11-15-8-9(12)10(17-11)13-4-6-19-7-5-16-18-19/h5,7-8H,2-4,6H2,1H3,(H2,13,14,15,17). The lowest BCUT2D eigenvalue weighted by Crippen LogP contribution is -2.13. The van der Waals surface area contributed by atoms with E-state index < -0.39 is 0 Å². The van der Waals surface area contributed by atoms with E-state index in [9.17, 15) is 0 Å². The minimum atomic E-state index is 0.633. The highest BCUT2D eigenvalue weighted by Crippen LogP contribution is 2.19. The van der Waals surface area contributed by atoms with Crippen LogP contribution >= 0.6 is 15.9 Å². The van der Waals surface area contributed by atoms with E-state index in [-0.39, 0.29) is 0 Å².